The first-order valence-corrected chi connectivity index (χ1v) is 3.30. The SMILES string of the molecule is CC(N)=NCc1cnn(C)n1. The summed E-state index contributed by atoms with van der Waals surface area (Å²) >= 11 is 0. The Labute approximate surface area is 64.9 Å². The van der Waals surface area contributed by atoms with E-state index in [4.69, 9.17) is 5.73 Å². The Hall–Kier alpha value is -1.39. The van der Waals surface area contributed by atoms with Gasteiger partial charge in [-0.25, -0.2) is 0 Å². The van der Waals surface area contributed by atoms with Crippen LogP contribution in [0.3, 0.4) is 0 Å². The second kappa shape index (κ2) is 3.14. The number of hydrogen-bond acceptors (Lipinski definition) is 3. The maximum absolute atomic E-state index is 5.34. The Bertz CT molecular complexity index is 258. The van der Waals surface area contributed by atoms with Crippen molar-refractivity contribution in [2.24, 2.45) is 17.8 Å². The highest BCUT2D eigenvalue weighted by atomic mass is 15.4. The summed E-state index contributed by atoms with van der Waals surface area (Å²) in [4.78, 5) is 5.48. The second-order valence-electron chi connectivity index (χ2n) is 2.28. The first-order chi connectivity index (χ1) is 5.18. The molecular formula is C6H11N5. The smallest absolute Gasteiger partial charge is 0.104 e. The highest BCUT2D eigenvalue weighted by Gasteiger charge is 1.94. The molecule has 0 amide bonds. The highest BCUT2D eigenvalue weighted by molar-refractivity contribution is 5.77. The Balaban J connectivity index is 2.58. The van der Waals surface area contributed by atoms with Crippen molar-refractivity contribution in [2.75, 3.05) is 0 Å². The molecule has 1 heterocycles. The van der Waals surface area contributed by atoms with Crippen molar-refractivity contribution in [1.82, 2.24) is 15.0 Å². The molecule has 0 saturated carbocycles. The van der Waals surface area contributed by atoms with Gasteiger partial charge in [-0.1, -0.05) is 0 Å². The quantitative estimate of drug-likeness (QED) is 0.468. The van der Waals surface area contributed by atoms with Gasteiger partial charge in [0, 0.05) is 7.05 Å². The van der Waals surface area contributed by atoms with Crippen LogP contribution in [0.4, 0.5) is 0 Å². The molecule has 1 aromatic rings. The molecule has 0 radical (unpaired) electrons. The van der Waals surface area contributed by atoms with Crippen molar-refractivity contribution in [3.63, 3.8) is 0 Å². The highest BCUT2D eigenvalue weighted by Crippen LogP contribution is 1.92. The molecule has 60 valence electrons. The predicted octanol–water partition coefficient (Wildman–Crippen LogP) is -0.308. The number of amidine groups is 1. The molecule has 0 atom stereocenters. The molecule has 1 rings (SSSR count). The number of aliphatic imine (C=N–C) groups is 1. The largest absolute Gasteiger partial charge is 0.388 e. The summed E-state index contributed by atoms with van der Waals surface area (Å²) in [5.74, 6) is 0.565. The van der Waals surface area contributed by atoms with Crippen LogP contribution < -0.4 is 5.73 Å². The number of nitrogens with two attached hydrogens (primary N) is 1. The predicted molar refractivity (Wildman–Crippen MR) is 42.0 cm³/mol. The fraction of sp³-hybridized carbons (Fsp3) is 0.500. The summed E-state index contributed by atoms with van der Waals surface area (Å²) in [5, 5.41) is 7.92. The van der Waals surface area contributed by atoms with E-state index in [1.54, 1.807) is 20.2 Å². The van der Waals surface area contributed by atoms with E-state index >= 15 is 0 Å². The van der Waals surface area contributed by atoms with Gasteiger partial charge in [-0.05, 0) is 6.92 Å². The molecule has 5 heteroatoms. The lowest BCUT2D eigenvalue weighted by atomic mass is 10.5. The van der Waals surface area contributed by atoms with E-state index in [-0.39, 0.29) is 0 Å². The van der Waals surface area contributed by atoms with Gasteiger partial charge in [0.2, 0.25) is 0 Å². The fourth-order valence-corrected chi connectivity index (χ4v) is 0.666. The van der Waals surface area contributed by atoms with Gasteiger partial charge in [0.15, 0.2) is 0 Å². The summed E-state index contributed by atoms with van der Waals surface area (Å²) in [6.07, 6.45) is 1.67. The Morgan fingerprint density at radius 3 is 3.00 bits per heavy atom. The Morgan fingerprint density at radius 1 is 1.82 bits per heavy atom. The molecule has 11 heavy (non-hydrogen) atoms. The van der Waals surface area contributed by atoms with Crippen LogP contribution in [0.5, 0.6) is 0 Å². The Kier molecular flexibility index (Phi) is 2.20. The molecule has 0 spiro atoms. The van der Waals surface area contributed by atoms with Gasteiger partial charge in [-0.3, -0.25) is 4.99 Å². The first kappa shape index (κ1) is 7.71. The molecule has 0 aliphatic carbocycles. The topological polar surface area (TPSA) is 69.1 Å². The lowest BCUT2D eigenvalue weighted by molar-refractivity contribution is 0.645. The third-order valence-electron chi connectivity index (χ3n) is 1.14. The van der Waals surface area contributed by atoms with Crippen molar-refractivity contribution in [3.8, 4) is 0 Å². The molecule has 0 aromatic carbocycles. The normalized spacial score (nSPS) is 12.0. The van der Waals surface area contributed by atoms with Gasteiger partial charge in [0.05, 0.1) is 18.6 Å². The lowest BCUT2D eigenvalue weighted by Crippen LogP contribution is -2.05. The molecular weight excluding hydrogens is 142 g/mol. The van der Waals surface area contributed by atoms with E-state index < -0.39 is 0 Å². The number of aromatic nitrogens is 3. The van der Waals surface area contributed by atoms with Gasteiger partial charge in [-0.15, -0.1) is 0 Å². The first-order valence-electron chi connectivity index (χ1n) is 3.30. The maximum atomic E-state index is 5.34. The molecule has 2 N–H and O–H groups in total. The van der Waals surface area contributed by atoms with Gasteiger partial charge in [0.25, 0.3) is 0 Å². The molecule has 1 aromatic heterocycles. The summed E-state index contributed by atoms with van der Waals surface area (Å²) in [6, 6.07) is 0. The van der Waals surface area contributed by atoms with E-state index in [0.29, 0.717) is 12.4 Å². The maximum Gasteiger partial charge on any atom is 0.104 e. The van der Waals surface area contributed by atoms with Crippen molar-refractivity contribution in [2.45, 2.75) is 13.5 Å². The standard InChI is InChI=1S/C6H11N5/c1-5(7)8-3-6-4-9-11(2)10-6/h4H,3H2,1-2H3,(H2,7,8). The van der Waals surface area contributed by atoms with Crippen LogP contribution in [0.25, 0.3) is 0 Å². The summed E-state index contributed by atoms with van der Waals surface area (Å²) in [7, 11) is 1.77. The number of rotatable bonds is 2. The van der Waals surface area contributed by atoms with Gasteiger partial charge >= 0.3 is 0 Å². The van der Waals surface area contributed by atoms with Crippen molar-refractivity contribution >= 4 is 5.84 Å². The number of hydrogen-bond donors (Lipinski definition) is 1. The van der Waals surface area contributed by atoms with Crippen molar-refractivity contribution in [3.05, 3.63) is 11.9 Å². The summed E-state index contributed by atoms with van der Waals surface area (Å²) in [5.41, 5.74) is 6.17. The molecule has 0 aliphatic heterocycles. The van der Waals surface area contributed by atoms with Crippen LogP contribution in [0.15, 0.2) is 11.2 Å². The van der Waals surface area contributed by atoms with Crippen LogP contribution in [-0.2, 0) is 13.6 Å². The molecule has 0 fully saturated rings. The van der Waals surface area contributed by atoms with Crippen LogP contribution in [0.1, 0.15) is 12.6 Å². The molecule has 0 bridgehead atoms. The molecule has 0 aliphatic rings. The third-order valence-corrected chi connectivity index (χ3v) is 1.14. The van der Waals surface area contributed by atoms with Gasteiger partial charge in [-0.2, -0.15) is 15.0 Å². The molecule has 0 saturated heterocycles. The van der Waals surface area contributed by atoms with E-state index in [0.717, 1.165) is 5.69 Å². The third kappa shape index (κ3) is 2.37. The van der Waals surface area contributed by atoms with E-state index in [1.165, 1.54) is 4.80 Å². The fourth-order valence-electron chi connectivity index (χ4n) is 0.666. The van der Waals surface area contributed by atoms with Crippen molar-refractivity contribution < 1.29 is 0 Å². The van der Waals surface area contributed by atoms with Crippen LogP contribution >= 0.6 is 0 Å². The van der Waals surface area contributed by atoms with Crippen molar-refractivity contribution in [1.29, 1.82) is 0 Å². The number of aryl methyl sites for hydroxylation is 1. The second-order valence-corrected chi connectivity index (χ2v) is 2.28. The van der Waals surface area contributed by atoms with E-state index in [2.05, 4.69) is 15.2 Å². The minimum atomic E-state index is 0.510. The monoisotopic (exact) mass is 153 g/mol. The van der Waals surface area contributed by atoms with Crippen LogP contribution in [0.2, 0.25) is 0 Å². The van der Waals surface area contributed by atoms with Gasteiger partial charge in [0.1, 0.15) is 5.69 Å². The van der Waals surface area contributed by atoms with E-state index in [1.807, 2.05) is 0 Å². The number of nitrogens with zero attached hydrogens (tertiary/aromatic N) is 4. The molecule has 0 unspecified atom stereocenters. The Morgan fingerprint density at radius 2 is 2.55 bits per heavy atom. The van der Waals surface area contributed by atoms with Crippen LogP contribution in [0, 0.1) is 0 Å². The zero-order valence-corrected chi connectivity index (χ0v) is 6.65. The summed E-state index contributed by atoms with van der Waals surface area (Å²) in [6.45, 7) is 2.26. The minimum Gasteiger partial charge on any atom is -0.388 e. The zero-order valence-electron chi connectivity index (χ0n) is 6.65. The van der Waals surface area contributed by atoms with Gasteiger partial charge < -0.3 is 5.73 Å². The zero-order chi connectivity index (χ0) is 8.27. The lowest BCUT2D eigenvalue weighted by Gasteiger charge is -1.88. The minimum absolute atomic E-state index is 0.510. The van der Waals surface area contributed by atoms with Crippen LogP contribution in [-0.4, -0.2) is 20.8 Å². The van der Waals surface area contributed by atoms with E-state index in [9.17, 15) is 0 Å². The molecule has 5 nitrogen and oxygen atoms in total. The average molecular weight is 153 g/mol. The summed E-state index contributed by atoms with van der Waals surface area (Å²) < 4.78 is 0. The average Bonchev–Trinajstić information content (AvgIpc) is 2.31.